The lowest BCUT2D eigenvalue weighted by Crippen LogP contribution is -2.62. The molecule has 13 N–H and O–H groups in total. The molecule has 4 aliphatic carbocycles. The average molecular weight is 933 g/mol. The molecular weight excluding hydrogens is 856 g/mol. The summed E-state index contributed by atoms with van der Waals surface area (Å²) in [5.41, 5.74) is 2.31. The Hall–Kier alpha value is -1.28. The minimum Gasteiger partial charge on any atom is -0.394 e. The van der Waals surface area contributed by atoms with Gasteiger partial charge in [0.1, 0.15) is 73.2 Å². The van der Waals surface area contributed by atoms with Crippen LogP contribution in [0, 0.1) is 40.4 Å². The highest BCUT2D eigenvalue weighted by Gasteiger charge is 2.62. The fourth-order valence-electron chi connectivity index (χ4n) is 12.9. The molecule has 19 nitrogen and oxygen atoms in total. The summed E-state index contributed by atoms with van der Waals surface area (Å²) in [6.45, 7) is 8.84. The molecule has 0 bridgehead atoms. The average Bonchev–Trinajstić information content (AvgIpc) is 3.64. The molecule has 25 atom stereocenters. The van der Waals surface area contributed by atoms with Gasteiger partial charge in [-0.05, 0) is 99.4 Å². The van der Waals surface area contributed by atoms with Crippen LogP contribution in [0.25, 0.3) is 0 Å². The Labute approximate surface area is 380 Å². The van der Waals surface area contributed by atoms with Gasteiger partial charge in [0, 0.05) is 11.8 Å². The third-order valence-electron chi connectivity index (χ3n) is 17.3. The number of hydrogen-bond donors (Lipinski definition) is 13. The SMILES string of the molecule is C/C(CO[C@@H]1O[C@H](CO)[C@@H](O)[C@H](O)[C@@H]1O)=C(/C)C[C@H](O)[C@H](C)[C@@H]1CC[C@@H]2[C@H]3CC=C4C[C@@H](O[C@H]5O[C@@H](CO[C@@H]6O[C@H](CO)[C@@H](O)[C@@H](O)[C@@H]6O)[C@H](O)[C@@H](O)[C@@H]5O)C[C@@H](O)[C@@]4(C)[C@@H]3CC[C@]21C. The fourth-order valence-corrected chi connectivity index (χ4v) is 12.9. The summed E-state index contributed by atoms with van der Waals surface area (Å²) in [6.07, 6.45) is -16.1. The van der Waals surface area contributed by atoms with E-state index in [9.17, 15) is 66.4 Å². The van der Waals surface area contributed by atoms with E-state index in [1.165, 1.54) is 0 Å². The molecule has 3 heterocycles. The Kier molecular flexibility index (Phi) is 16.3. The lowest BCUT2D eigenvalue weighted by atomic mass is 9.46. The van der Waals surface area contributed by atoms with Gasteiger partial charge in [-0.15, -0.1) is 0 Å². The summed E-state index contributed by atoms with van der Waals surface area (Å²) >= 11 is 0. The van der Waals surface area contributed by atoms with Crippen LogP contribution < -0.4 is 0 Å². The van der Waals surface area contributed by atoms with Crippen molar-refractivity contribution in [2.24, 2.45) is 40.4 Å². The standard InChI is InChI=1S/C46H76O19/c1-19(20(2)17-60-42-39(57)36(54)33(51)29(15-47)63-42)12-28(49)21(3)25-8-9-26-24-7-6-22-13-23(14-32(50)46(22,5)27(24)10-11-45(25,26)4)62-44-41(59)38(56)35(53)31(65-44)18-61-43-40(58)37(55)34(52)30(16-48)64-43/h6,21,23-44,47-59H,7-18H2,1-5H3/b20-19+/t21-,23-,24-,25+,26-,27-,28+,29-,30-,31+,32-,33-,34-,35+,36+,37-,38-,39+,40+,41+,42-,43-,44+,45+,46-/m1/s1. The zero-order valence-corrected chi connectivity index (χ0v) is 38.1. The molecule has 0 aromatic rings. The number of aliphatic hydroxyl groups excluding tert-OH is 13. The molecule has 0 aromatic heterocycles. The van der Waals surface area contributed by atoms with Gasteiger partial charge in [0.25, 0.3) is 0 Å². The summed E-state index contributed by atoms with van der Waals surface area (Å²) in [7, 11) is 0. The van der Waals surface area contributed by atoms with Crippen LogP contribution in [0.1, 0.15) is 86.0 Å². The number of ether oxygens (including phenoxy) is 6. The molecule has 19 heteroatoms. The van der Waals surface area contributed by atoms with E-state index in [0.717, 1.165) is 48.8 Å². The van der Waals surface area contributed by atoms with E-state index >= 15 is 0 Å². The first-order chi connectivity index (χ1) is 30.7. The first kappa shape index (κ1) is 51.6. The van der Waals surface area contributed by atoms with Gasteiger partial charge in [0.15, 0.2) is 18.9 Å². The van der Waals surface area contributed by atoms with Gasteiger partial charge in [-0.2, -0.15) is 0 Å². The second-order valence-corrected chi connectivity index (χ2v) is 20.8. The van der Waals surface area contributed by atoms with Crippen LogP contribution in [0.4, 0.5) is 0 Å². The Morgan fingerprint density at radius 2 is 1.25 bits per heavy atom. The second kappa shape index (κ2) is 20.6. The summed E-state index contributed by atoms with van der Waals surface area (Å²) in [6, 6.07) is 0. The smallest absolute Gasteiger partial charge is 0.187 e. The molecule has 0 spiro atoms. The molecule has 3 aliphatic heterocycles. The minimum absolute atomic E-state index is 0.00463. The zero-order chi connectivity index (χ0) is 47.4. The minimum atomic E-state index is -1.70. The van der Waals surface area contributed by atoms with Crippen LogP contribution in [0.15, 0.2) is 22.8 Å². The summed E-state index contributed by atoms with van der Waals surface area (Å²) in [5, 5.41) is 137. The third-order valence-corrected chi connectivity index (χ3v) is 17.3. The molecule has 0 aromatic carbocycles. The molecule has 6 fully saturated rings. The molecule has 65 heavy (non-hydrogen) atoms. The number of fused-ring (bicyclic) bond motifs is 5. The van der Waals surface area contributed by atoms with Crippen LogP contribution in [0.2, 0.25) is 0 Å². The normalized spacial score (nSPS) is 50.4. The van der Waals surface area contributed by atoms with E-state index in [2.05, 4.69) is 26.8 Å². The van der Waals surface area contributed by atoms with Gasteiger partial charge in [-0.3, -0.25) is 0 Å². The monoisotopic (exact) mass is 932 g/mol. The highest BCUT2D eigenvalue weighted by atomic mass is 16.7. The van der Waals surface area contributed by atoms with Crippen molar-refractivity contribution in [3.63, 3.8) is 0 Å². The van der Waals surface area contributed by atoms with Crippen molar-refractivity contribution < 1.29 is 94.8 Å². The van der Waals surface area contributed by atoms with Crippen molar-refractivity contribution in [2.75, 3.05) is 26.4 Å². The van der Waals surface area contributed by atoms with Crippen molar-refractivity contribution in [3.8, 4) is 0 Å². The van der Waals surface area contributed by atoms with Crippen molar-refractivity contribution in [2.45, 2.75) is 196 Å². The Bertz CT molecular complexity index is 1660. The van der Waals surface area contributed by atoms with E-state index in [0.29, 0.717) is 24.7 Å². The maximum Gasteiger partial charge on any atom is 0.187 e. The molecule has 0 amide bonds. The fraction of sp³-hybridized carbons (Fsp3) is 0.913. The lowest BCUT2D eigenvalue weighted by Gasteiger charge is -2.60. The quantitative estimate of drug-likeness (QED) is 0.0845. The predicted octanol–water partition coefficient (Wildman–Crippen LogP) is -1.91. The van der Waals surface area contributed by atoms with E-state index < -0.39 is 136 Å². The van der Waals surface area contributed by atoms with Crippen LogP contribution >= 0.6 is 0 Å². The Morgan fingerprint density at radius 3 is 1.85 bits per heavy atom. The lowest BCUT2D eigenvalue weighted by molar-refractivity contribution is -0.337. The van der Waals surface area contributed by atoms with Crippen LogP contribution in [0.3, 0.4) is 0 Å². The maximum atomic E-state index is 12.0. The first-order valence-electron chi connectivity index (χ1n) is 23.6. The van der Waals surface area contributed by atoms with Gasteiger partial charge in [-0.25, -0.2) is 0 Å². The summed E-state index contributed by atoms with van der Waals surface area (Å²) < 4.78 is 34.4. The molecule has 0 unspecified atom stereocenters. The van der Waals surface area contributed by atoms with E-state index in [1.54, 1.807) is 0 Å². The van der Waals surface area contributed by atoms with E-state index in [1.807, 2.05) is 13.8 Å². The van der Waals surface area contributed by atoms with Crippen LogP contribution in [0.5, 0.6) is 0 Å². The van der Waals surface area contributed by atoms with E-state index in [4.69, 9.17) is 28.4 Å². The third kappa shape index (κ3) is 9.66. The summed E-state index contributed by atoms with van der Waals surface area (Å²) in [5.74, 6) is 1.20. The highest BCUT2D eigenvalue weighted by Crippen LogP contribution is 2.67. The molecule has 0 radical (unpaired) electrons. The summed E-state index contributed by atoms with van der Waals surface area (Å²) in [4.78, 5) is 0. The molecule has 3 saturated heterocycles. The first-order valence-corrected chi connectivity index (χ1v) is 23.6. The number of rotatable bonds is 14. The van der Waals surface area contributed by atoms with Crippen molar-refractivity contribution in [3.05, 3.63) is 22.8 Å². The Morgan fingerprint density at radius 1 is 0.692 bits per heavy atom. The number of aliphatic hydroxyl groups is 13. The van der Waals surface area contributed by atoms with Gasteiger partial charge in [0.05, 0.1) is 44.7 Å². The number of allylic oxidation sites excluding steroid dienone is 1. The predicted molar refractivity (Wildman–Crippen MR) is 226 cm³/mol. The molecule has 7 rings (SSSR count). The van der Waals surface area contributed by atoms with E-state index in [-0.39, 0.29) is 36.2 Å². The van der Waals surface area contributed by atoms with Gasteiger partial charge in [0.2, 0.25) is 0 Å². The van der Waals surface area contributed by atoms with Gasteiger partial charge < -0.3 is 94.8 Å². The second-order valence-electron chi connectivity index (χ2n) is 20.8. The van der Waals surface area contributed by atoms with Crippen LogP contribution in [-0.2, 0) is 28.4 Å². The molecule has 374 valence electrons. The zero-order valence-electron chi connectivity index (χ0n) is 38.1. The molecule has 3 saturated carbocycles. The molecule has 7 aliphatic rings. The van der Waals surface area contributed by atoms with Crippen molar-refractivity contribution in [1.82, 2.24) is 0 Å². The Balaban J connectivity index is 0.951. The highest BCUT2D eigenvalue weighted by molar-refractivity contribution is 5.28. The van der Waals surface area contributed by atoms with Crippen molar-refractivity contribution >= 4 is 0 Å². The van der Waals surface area contributed by atoms with Crippen molar-refractivity contribution in [1.29, 1.82) is 0 Å². The molecular formula is C46H76O19. The topological polar surface area (TPSA) is 318 Å². The van der Waals surface area contributed by atoms with Gasteiger partial charge >= 0.3 is 0 Å². The largest absolute Gasteiger partial charge is 0.394 e. The number of hydrogen-bond acceptors (Lipinski definition) is 19. The van der Waals surface area contributed by atoms with Crippen LogP contribution in [-0.4, -0.2) is 203 Å². The maximum absolute atomic E-state index is 12.0. The van der Waals surface area contributed by atoms with Gasteiger partial charge in [-0.1, -0.05) is 38.0 Å².